The van der Waals surface area contributed by atoms with E-state index < -0.39 is 16.8 Å². The van der Waals surface area contributed by atoms with Crippen LogP contribution in [0.4, 0.5) is 17.1 Å². The molecule has 1 amide bonds. The SMILES string of the molecule is COC(=O)c1ccc(N2CCOCC2)c(NC(=S)NC(=O)c2cccc([N+](=O)[O-])c2C)c1. The third-order valence-corrected chi connectivity index (χ3v) is 5.20. The molecule has 0 radical (unpaired) electrons. The van der Waals surface area contributed by atoms with E-state index in [0.717, 1.165) is 5.69 Å². The van der Waals surface area contributed by atoms with Crippen LogP contribution in [0.25, 0.3) is 0 Å². The number of hydrogen-bond donors (Lipinski definition) is 2. The summed E-state index contributed by atoms with van der Waals surface area (Å²) in [5.74, 6) is -1.09. The van der Waals surface area contributed by atoms with Crippen LogP contribution in [0.2, 0.25) is 0 Å². The highest BCUT2D eigenvalue weighted by Crippen LogP contribution is 2.28. The maximum Gasteiger partial charge on any atom is 0.337 e. The molecule has 0 saturated carbocycles. The van der Waals surface area contributed by atoms with Crippen LogP contribution in [-0.2, 0) is 9.47 Å². The fourth-order valence-electron chi connectivity index (χ4n) is 3.35. The smallest absolute Gasteiger partial charge is 0.337 e. The van der Waals surface area contributed by atoms with Crippen LogP contribution in [-0.4, -0.2) is 55.3 Å². The number of rotatable bonds is 5. The summed E-state index contributed by atoms with van der Waals surface area (Å²) in [6.07, 6.45) is 0. The number of nitro benzene ring substituents is 1. The largest absolute Gasteiger partial charge is 0.465 e. The van der Waals surface area contributed by atoms with E-state index in [9.17, 15) is 19.7 Å². The molecule has 1 aliphatic heterocycles. The highest BCUT2D eigenvalue weighted by molar-refractivity contribution is 7.80. The quantitative estimate of drug-likeness (QED) is 0.301. The second-order valence-electron chi connectivity index (χ2n) is 6.94. The fraction of sp³-hybridized carbons (Fsp3) is 0.286. The summed E-state index contributed by atoms with van der Waals surface area (Å²) in [6.45, 7) is 3.92. The number of carbonyl (C=O) groups is 2. The first kappa shape index (κ1) is 23.1. The Labute approximate surface area is 189 Å². The van der Waals surface area contributed by atoms with Gasteiger partial charge in [-0.2, -0.15) is 0 Å². The molecular weight excluding hydrogens is 436 g/mol. The molecule has 10 nitrogen and oxygen atoms in total. The number of benzene rings is 2. The van der Waals surface area contributed by atoms with E-state index in [4.69, 9.17) is 21.7 Å². The topological polar surface area (TPSA) is 123 Å². The van der Waals surface area contributed by atoms with E-state index in [1.54, 1.807) is 18.2 Å². The Balaban J connectivity index is 1.83. The molecule has 0 spiro atoms. The zero-order valence-electron chi connectivity index (χ0n) is 17.5. The van der Waals surface area contributed by atoms with E-state index >= 15 is 0 Å². The predicted octanol–water partition coefficient (Wildman–Crippen LogP) is 2.65. The Bertz CT molecular complexity index is 1070. The third kappa shape index (κ3) is 5.18. The molecule has 2 aromatic carbocycles. The molecule has 1 heterocycles. The van der Waals surface area contributed by atoms with Crippen molar-refractivity contribution in [2.24, 2.45) is 0 Å². The summed E-state index contributed by atoms with van der Waals surface area (Å²) >= 11 is 5.30. The van der Waals surface area contributed by atoms with Gasteiger partial charge in [0.15, 0.2) is 5.11 Å². The molecule has 0 bridgehead atoms. The number of thiocarbonyl (C=S) groups is 1. The zero-order chi connectivity index (χ0) is 23.3. The first-order valence-corrected chi connectivity index (χ1v) is 10.1. The Morgan fingerprint density at radius 2 is 1.94 bits per heavy atom. The van der Waals surface area contributed by atoms with Crippen molar-refractivity contribution < 1.29 is 24.0 Å². The number of carbonyl (C=O) groups excluding carboxylic acids is 2. The van der Waals surface area contributed by atoms with Crippen molar-refractivity contribution in [2.45, 2.75) is 6.92 Å². The molecule has 168 valence electrons. The number of nitrogens with one attached hydrogen (secondary N) is 2. The first-order chi connectivity index (χ1) is 15.3. The standard InChI is InChI=1S/C21H22N4O6S/c1-13-15(4-3-5-17(13)25(28)29)19(26)23-21(32)22-16-12-14(20(27)30-2)6-7-18(16)24-8-10-31-11-9-24/h3-7,12H,8-11H2,1-2H3,(H2,22,23,26,32). The lowest BCUT2D eigenvalue weighted by atomic mass is 10.1. The van der Waals surface area contributed by atoms with Crippen LogP contribution in [0.3, 0.4) is 0 Å². The normalized spacial score (nSPS) is 13.2. The van der Waals surface area contributed by atoms with Crippen molar-refractivity contribution in [3.8, 4) is 0 Å². The van der Waals surface area contributed by atoms with E-state index in [-0.39, 0.29) is 21.9 Å². The lowest BCUT2D eigenvalue weighted by Crippen LogP contribution is -2.38. The van der Waals surface area contributed by atoms with Gasteiger partial charge in [-0.05, 0) is 43.4 Å². The minimum atomic E-state index is -0.583. The molecular formula is C21H22N4O6S. The van der Waals surface area contributed by atoms with Gasteiger partial charge in [-0.1, -0.05) is 6.07 Å². The van der Waals surface area contributed by atoms with E-state index in [2.05, 4.69) is 15.5 Å². The Kier molecular flexibility index (Phi) is 7.33. The summed E-state index contributed by atoms with van der Waals surface area (Å²) < 4.78 is 10.2. The lowest BCUT2D eigenvalue weighted by molar-refractivity contribution is -0.385. The molecule has 0 aromatic heterocycles. The summed E-state index contributed by atoms with van der Waals surface area (Å²) in [5.41, 5.74) is 1.83. The number of ether oxygens (including phenoxy) is 2. The molecule has 0 aliphatic carbocycles. The van der Waals surface area contributed by atoms with E-state index in [0.29, 0.717) is 37.6 Å². The molecule has 11 heteroatoms. The van der Waals surface area contributed by atoms with Crippen molar-refractivity contribution >= 4 is 46.3 Å². The van der Waals surface area contributed by atoms with Crippen LogP contribution in [0.1, 0.15) is 26.3 Å². The molecule has 1 aliphatic rings. The number of hydrogen-bond acceptors (Lipinski definition) is 8. The maximum absolute atomic E-state index is 12.7. The number of methoxy groups -OCH3 is 1. The summed E-state index contributed by atoms with van der Waals surface area (Å²) in [7, 11) is 1.29. The average Bonchev–Trinajstić information content (AvgIpc) is 2.78. The Morgan fingerprint density at radius 3 is 2.59 bits per heavy atom. The summed E-state index contributed by atoms with van der Waals surface area (Å²) in [6, 6.07) is 9.26. The number of anilines is 2. The molecule has 0 unspecified atom stereocenters. The molecule has 1 fully saturated rings. The Morgan fingerprint density at radius 1 is 1.22 bits per heavy atom. The van der Waals surface area contributed by atoms with Gasteiger partial charge in [-0.3, -0.25) is 20.2 Å². The molecule has 2 N–H and O–H groups in total. The summed E-state index contributed by atoms with van der Waals surface area (Å²) in [4.78, 5) is 37.3. The van der Waals surface area contributed by atoms with Crippen molar-refractivity contribution in [3.05, 3.63) is 63.2 Å². The van der Waals surface area contributed by atoms with Gasteiger partial charge >= 0.3 is 5.97 Å². The van der Waals surface area contributed by atoms with Crippen LogP contribution in [0, 0.1) is 17.0 Å². The van der Waals surface area contributed by atoms with Gasteiger partial charge in [0.2, 0.25) is 0 Å². The monoisotopic (exact) mass is 458 g/mol. The second kappa shape index (κ2) is 10.2. The fourth-order valence-corrected chi connectivity index (χ4v) is 3.55. The molecule has 32 heavy (non-hydrogen) atoms. The molecule has 2 aromatic rings. The van der Waals surface area contributed by atoms with Gasteiger partial charge in [-0.25, -0.2) is 4.79 Å². The van der Waals surface area contributed by atoms with E-state index in [1.165, 1.54) is 32.2 Å². The van der Waals surface area contributed by atoms with Crippen molar-refractivity contribution in [1.29, 1.82) is 0 Å². The van der Waals surface area contributed by atoms with Crippen molar-refractivity contribution in [2.75, 3.05) is 43.6 Å². The van der Waals surface area contributed by atoms with Crippen LogP contribution in [0.5, 0.6) is 0 Å². The van der Waals surface area contributed by atoms with Gasteiger partial charge in [0.1, 0.15) is 0 Å². The van der Waals surface area contributed by atoms with Gasteiger partial charge in [0.25, 0.3) is 11.6 Å². The highest BCUT2D eigenvalue weighted by Gasteiger charge is 2.21. The molecule has 0 atom stereocenters. The van der Waals surface area contributed by atoms with Crippen LogP contribution in [0.15, 0.2) is 36.4 Å². The minimum Gasteiger partial charge on any atom is -0.465 e. The van der Waals surface area contributed by atoms with Crippen LogP contribution < -0.4 is 15.5 Å². The predicted molar refractivity (Wildman–Crippen MR) is 122 cm³/mol. The van der Waals surface area contributed by atoms with Gasteiger partial charge in [-0.15, -0.1) is 0 Å². The zero-order valence-corrected chi connectivity index (χ0v) is 18.4. The van der Waals surface area contributed by atoms with E-state index in [1.807, 2.05) is 0 Å². The van der Waals surface area contributed by atoms with Gasteiger partial charge in [0, 0.05) is 30.3 Å². The van der Waals surface area contributed by atoms with Gasteiger partial charge < -0.3 is 19.7 Å². The first-order valence-electron chi connectivity index (χ1n) is 9.73. The second-order valence-corrected chi connectivity index (χ2v) is 7.35. The molecule has 3 rings (SSSR count). The van der Waals surface area contributed by atoms with Crippen LogP contribution >= 0.6 is 12.2 Å². The number of esters is 1. The maximum atomic E-state index is 12.7. The third-order valence-electron chi connectivity index (χ3n) is 4.99. The average molecular weight is 458 g/mol. The lowest BCUT2D eigenvalue weighted by Gasteiger charge is -2.31. The Hall–Kier alpha value is -3.57. The van der Waals surface area contributed by atoms with Crippen molar-refractivity contribution in [1.82, 2.24) is 5.32 Å². The number of nitrogens with zero attached hydrogens (tertiary/aromatic N) is 2. The van der Waals surface area contributed by atoms with Crippen molar-refractivity contribution in [3.63, 3.8) is 0 Å². The minimum absolute atomic E-state index is 0.0163. The number of nitro groups is 1. The van der Waals surface area contributed by atoms with Gasteiger partial charge in [0.05, 0.1) is 42.2 Å². The highest BCUT2D eigenvalue weighted by atomic mass is 32.1. The number of amides is 1. The summed E-state index contributed by atoms with van der Waals surface area (Å²) in [5, 5.41) is 16.6. The number of morpholine rings is 1. The molecule has 1 saturated heterocycles.